The molecule has 2 N–H and O–H groups in total. The lowest BCUT2D eigenvalue weighted by molar-refractivity contribution is -0.189. The molecule has 0 aromatic carbocycles. The number of rotatable bonds is 2. The fourth-order valence-corrected chi connectivity index (χ4v) is 4.10. The van der Waals surface area contributed by atoms with Crippen molar-refractivity contribution < 1.29 is 29.4 Å². The fraction of sp³-hybridized carbons (Fsp3) is 0.667. The van der Waals surface area contributed by atoms with Gasteiger partial charge in [-0.15, -0.1) is 0 Å². The van der Waals surface area contributed by atoms with Crippen LogP contribution in [0.5, 0.6) is 0 Å². The molecule has 0 radical (unpaired) electrons. The van der Waals surface area contributed by atoms with Crippen molar-refractivity contribution in [3.63, 3.8) is 0 Å². The Morgan fingerprint density at radius 3 is 1.67 bits per heavy atom. The molecular formula is C12H12O6. The number of carboxylic acids is 2. The first kappa shape index (κ1) is 11.4. The molecule has 4 fully saturated rings. The van der Waals surface area contributed by atoms with Crippen molar-refractivity contribution in [3.05, 3.63) is 0 Å². The number of carbonyl (C=O) groups is 4. The molecule has 4 aliphatic carbocycles. The Bertz CT molecular complexity index is 465. The minimum Gasteiger partial charge on any atom is -0.480 e. The molecule has 0 saturated heterocycles. The maximum Gasteiger partial charge on any atom is 0.317 e. The van der Waals surface area contributed by atoms with Crippen LogP contribution in [0.2, 0.25) is 0 Å². The van der Waals surface area contributed by atoms with Crippen molar-refractivity contribution in [2.75, 3.05) is 0 Å². The minimum atomic E-state index is -1.64. The Morgan fingerprint density at radius 1 is 0.944 bits per heavy atom. The maximum absolute atomic E-state index is 12.1. The topological polar surface area (TPSA) is 109 Å². The van der Waals surface area contributed by atoms with Crippen LogP contribution in [0.15, 0.2) is 0 Å². The second-order valence-corrected chi connectivity index (χ2v) is 5.72. The first-order valence-corrected chi connectivity index (χ1v) is 5.89. The van der Waals surface area contributed by atoms with E-state index in [-0.39, 0.29) is 30.8 Å². The molecule has 4 saturated carbocycles. The van der Waals surface area contributed by atoms with Crippen LogP contribution in [0, 0.1) is 22.7 Å². The van der Waals surface area contributed by atoms with Crippen LogP contribution < -0.4 is 0 Å². The lowest BCUT2D eigenvalue weighted by Crippen LogP contribution is -2.67. The molecule has 4 atom stereocenters. The third kappa shape index (κ3) is 0.996. The molecule has 6 nitrogen and oxygen atoms in total. The Balaban J connectivity index is 2.18. The fourth-order valence-electron chi connectivity index (χ4n) is 4.10. The van der Waals surface area contributed by atoms with Crippen LogP contribution in [-0.4, -0.2) is 33.7 Å². The van der Waals surface area contributed by atoms with Crippen molar-refractivity contribution in [1.82, 2.24) is 0 Å². The van der Waals surface area contributed by atoms with Gasteiger partial charge in [0.2, 0.25) is 0 Å². The van der Waals surface area contributed by atoms with E-state index in [1.807, 2.05) is 0 Å². The summed E-state index contributed by atoms with van der Waals surface area (Å²) in [5.41, 5.74) is -3.28. The molecule has 18 heavy (non-hydrogen) atoms. The van der Waals surface area contributed by atoms with Gasteiger partial charge in [0.15, 0.2) is 11.6 Å². The van der Waals surface area contributed by atoms with Crippen molar-refractivity contribution >= 4 is 23.5 Å². The van der Waals surface area contributed by atoms with E-state index in [1.165, 1.54) is 0 Å². The molecule has 0 spiro atoms. The number of carboxylic acid groups (broad SMARTS) is 2. The highest BCUT2D eigenvalue weighted by Crippen LogP contribution is 2.62. The molecular weight excluding hydrogens is 240 g/mol. The van der Waals surface area contributed by atoms with Gasteiger partial charge in [0, 0.05) is 11.8 Å². The summed E-state index contributed by atoms with van der Waals surface area (Å²) in [6, 6.07) is 0. The minimum absolute atomic E-state index is 0.0223. The molecule has 0 aliphatic heterocycles. The second-order valence-electron chi connectivity index (χ2n) is 5.72. The Kier molecular flexibility index (Phi) is 1.89. The van der Waals surface area contributed by atoms with E-state index in [2.05, 4.69) is 0 Å². The van der Waals surface area contributed by atoms with Gasteiger partial charge in [-0.05, 0) is 25.7 Å². The van der Waals surface area contributed by atoms with Crippen LogP contribution >= 0.6 is 0 Å². The third-order valence-corrected chi connectivity index (χ3v) is 4.87. The van der Waals surface area contributed by atoms with Gasteiger partial charge < -0.3 is 10.2 Å². The van der Waals surface area contributed by atoms with Gasteiger partial charge in [0.05, 0.1) is 0 Å². The van der Waals surface area contributed by atoms with E-state index in [4.69, 9.17) is 0 Å². The standard InChI is InChI=1S/C12H12O6/c13-7-5-1-6-3-12(7,10(17)18)4-11(2-5,8(6)14)9(15)16/h5-6H,1-4H2,(H,15,16)(H,17,18). The highest BCUT2D eigenvalue weighted by Gasteiger charge is 2.72. The Hall–Kier alpha value is -1.72. The summed E-state index contributed by atoms with van der Waals surface area (Å²) >= 11 is 0. The van der Waals surface area contributed by atoms with Crippen molar-refractivity contribution in [1.29, 1.82) is 0 Å². The molecule has 0 heterocycles. The predicted octanol–water partition coefficient (Wildman–Crippen LogP) is 0.100. The first-order chi connectivity index (χ1) is 8.33. The summed E-state index contributed by atoms with van der Waals surface area (Å²) < 4.78 is 0. The number of carbonyl (C=O) groups excluding carboxylic acids is 2. The van der Waals surface area contributed by atoms with E-state index >= 15 is 0 Å². The van der Waals surface area contributed by atoms with Gasteiger partial charge in [-0.25, -0.2) is 0 Å². The van der Waals surface area contributed by atoms with Crippen LogP contribution in [0.4, 0.5) is 0 Å². The number of hydrogen-bond acceptors (Lipinski definition) is 4. The van der Waals surface area contributed by atoms with Crippen LogP contribution in [-0.2, 0) is 19.2 Å². The monoisotopic (exact) mass is 252 g/mol. The quantitative estimate of drug-likeness (QED) is 0.674. The summed E-state index contributed by atoms with van der Waals surface area (Å²) in [7, 11) is 0. The first-order valence-electron chi connectivity index (χ1n) is 5.89. The highest BCUT2D eigenvalue weighted by atomic mass is 16.4. The smallest absolute Gasteiger partial charge is 0.317 e. The zero-order valence-corrected chi connectivity index (χ0v) is 9.51. The Morgan fingerprint density at radius 2 is 1.33 bits per heavy atom. The maximum atomic E-state index is 12.1. The average molecular weight is 252 g/mol. The van der Waals surface area contributed by atoms with Crippen molar-refractivity contribution in [3.8, 4) is 0 Å². The van der Waals surface area contributed by atoms with E-state index in [9.17, 15) is 29.4 Å². The van der Waals surface area contributed by atoms with Crippen molar-refractivity contribution in [2.24, 2.45) is 22.7 Å². The number of ketones is 2. The van der Waals surface area contributed by atoms with E-state index in [0.29, 0.717) is 6.42 Å². The zero-order chi connectivity index (χ0) is 13.3. The van der Waals surface area contributed by atoms with Gasteiger partial charge in [-0.1, -0.05) is 0 Å². The van der Waals surface area contributed by atoms with Gasteiger partial charge in [-0.2, -0.15) is 0 Å². The van der Waals surface area contributed by atoms with Crippen LogP contribution in [0.3, 0.4) is 0 Å². The molecule has 0 amide bonds. The van der Waals surface area contributed by atoms with E-state index < -0.39 is 34.6 Å². The largest absolute Gasteiger partial charge is 0.480 e. The SMILES string of the molecule is O=C(O)C12CC3CC(CC(C(=O)O)(C1)C3=O)C2=O. The summed E-state index contributed by atoms with van der Waals surface area (Å²) in [4.78, 5) is 47.1. The van der Waals surface area contributed by atoms with E-state index in [1.54, 1.807) is 0 Å². The number of Topliss-reactive ketones (excluding diaryl/α,β-unsaturated/α-hetero) is 2. The molecule has 0 aromatic rings. The number of hydrogen-bond donors (Lipinski definition) is 2. The van der Waals surface area contributed by atoms with Gasteiger partial charge in [0.1, 0.15) is 10.8 Å². The summed E-state index contributed by atoms with van der Waals surface area (Å²) in [5.74, 6) is -4.48. The second kappa shape index (κ2) is 2.99. The number of aliphatic carboxylic acids is 2. The molecule has 6 heteroatoms. The van der Waals surface area contributed by atoms with Gasteiger partial charge in [0.25, 0.3) is 0 Å². The predicted molar refractivity (Wildman–Crippen MR) is 55.6 cm³/mol. The average Bonchev–Trinajstić information content (AvgIpc) is 2.27. The summed E-state index contributed by atoms with van der Waals surface area (Å²) in [6.07, 6.45) is -0.0892. The third-order valence-electron chi connectivity index (χ3n) is 4.87. The lowest BCUT2D eigenvalue weighted by Gasteiger charge is -2.55. The van der Waals surface area contributed by atoms with Crippen LogP contribution in [0.1, 0.15) is 25.7 Å². The van der Waals surface area contributed by atoms with Gasteiger partial charge >= 0.3 is 11.9 Å². The Labute approximate surface area is 102 Å². The molecule has 0 aromatic heterocycles. The molecule has 4 aliphatic rings. The summed E-state index contributed by atoms with van der Waals surface area (Å²) in [5, 5.41) is 18.6. The molecule has 4 unspecified atom stereocenters. The molecule has 96 valence electrons. The normalized spacial score (nSPS) is 45.3. The molecule has 4 rings (SSSR count). The zero-order valence-electron chi connectivity index (χ0n) is 9.51. The van der Waals surface area contributed by atoms with Gasteiger partial charge in [-0.3, -0.25) is 19.2 Å². The summed E-state index contributed by atoms with van der Waals surface area (Å²) in [6.45, 7) is 0. The van der Waals surface area contributed by atoms with Crippen molar-refractivity contribution in [2.45, 2.75) is 25.7 Å². The molecule has 4 bridgehead atoms. The highest BCUT2D eigenvalue weighted by molar-refractivity contribution is 6.15. The van der Waals surface area contributed by atoms with Crippen LogP contribution in [0.25, 0.3) is 0 Å². The lowest BCUT2D eigenvalue weighted by atomic mass is 9.43. The van der Waals surface area contributed by atoms with E-state index in [0.717, 1.165) is 0 Å².